The lowest BCUT2D eigenvalue weighted by Crippen LogP contribution is -2.38. The van der Waals surface area contributed by atoms with E-state index in [9.17, 15) is 26.4 Å². The molecule has 32 heavy (non-hydrogen) atoms. The number of amides is 1. The normalized spacial score (nSPS) is 19.9. The van der Waals surface area contributed by atoms with Gasteiger partial charge in [-0.05, 0) is 51.2 Å². The molecule has 1 aromatic heterocycles. The van der Waals surface area contributed by atoms with Gasteiger partial charge in [0.2, 0.25) is 0 Å². The number of carbonyl (C=O) groups is 1. The fourth-order valence-corrected chi connectivity index (χ4v) is 4.32. The van der Waals surface area contributed by atoms with E-state index in [2.05, 4.69) is 15.3 Å². The van der Waals surface area contributed by atoms with Gasteiger partial charge < -0.3 is 21.4 Å². The van der Waals surface area contributed by atoms with Crippen LogP contribution in [0.1, 0.15) is 35.7 Å². The Morgan fingerprint density at radius 2 is 1.88 bits per heavy atom. The molecule has 1 unspecified atom stereocenters. The minimum absolute atomic E-state index is 0.0412. The lowest BCUT2D eigenvalue weighted by atomic mass is 9.89. The number of benzene rings is 1. The maximum Gasteiger partial charge on any atom is 0.501 e. The number of sulfone groups is 1. The lowest BCUT2D eigenvalue weighted by molar-refractivity contribution is -0.0436. The Hall–Kier alpha value is -2.93. The summed E-state index contributed by atoms with van der Waals surface area (Å²) in [5, 5.41) is 15.5. The van der Waals surface area contributed by atoms with Gasteiger partial charge in [0.1, 0.15) is 5.56 Å². The van der Waals surface area contributed by atoms with E-state index in [1.807, 2.05) is 14.1 Å². The van der Waals surface area contributed by atoms with Crippen molar-refractivity contribution < 1.29 is 26.4 Å². The van der Waals surface area contributed by atoms with E-state index in [1.165, 1.54) is 10.9 Å². The second kappa shape index (κ2) is 8.54. The van der Waals surface area contributed by atoms with Crippen LogP contribution in [0.15, 0.2) is 35.4 Å². The van der Waals surface area contributed by atoms with Crippen molar-refractivity contribution in [2.45, 2.75) is 41.7 Å². The number of nitrogens with one attached hydrogen (secondary N) is 2. The molecule has 1 saturated carbocycles. The Balaban J connectivity index is 1.84. The molecule has 1 heterocycles. The lowest BCUT2D eigenvalue weighted by Gasteiger charge is -2.33. The van der Waals surface area contributed by atoms with Crippen molar-refractivity contribution in [1.82, 2.24) is 14.7 Å². The van der Waals surface area contributed by atoms with E-state index < -0.39 is 26.1 Å². The number of primary amides is 1. The van der Waals surface area contributed by atoms with Crippen molar-refractivity contribution in [1.29, 1.82) is 5.41 Å². The number of carbonyl (C=O) groups excluding carboxylic acids is 1. The molecule has 1 aliphatic carbocycles. The third kappa shape index (κ3) is 4.63. The van der Waals surface area contributed by atoms with E-state index in [-0.39, 0.29) is 29.2 Å². The van der Waals surface area contributed by atoms with Crippen LogP contribution in [0.2, 0.25) is 0 Å². The van der Waals surface area contributed by atoms with Crippen LogP contribution in [0, 0.1) is 5.41 Å². The van der Waals surface area contributed by atoms with Crippen molar-refractivity contribution in [3.8, 4) is 0 Å². The monoisotopic (exact) mass is 472 g/mol. The highest BCUT2D eigenvalue weighted by molar-refractivity contribution is 7.92. The predicted octanol–water partition coefficient (Wildman–Crippen LogP) is 2.69. The molecule has 0 bridgehead atoms. The van der Waals surface area contributed by atoms with E-state index in [0.717, 1.165) is 30.7 Å². The molecule has 0 spiro atoms. The topological polar surface area (TPSA) is 134 Å². The average molecular weight is 472 g/mol. The van der Waals surface area contributed by atoms with Crippen LogP contribution in [-0.2, 0) is 9.84 Å². The molecule has 0 aliphatic heterocycles. The second-order valence-electron chi connectivity index (χ2n) is 7.77. The zero-order valence-electron chi connectivity index (χ0n) is 17.3. The molecule has 13 heteroatoms. The Morgan fingerprint density at radius 3 is 2.38 bits per heavy atom. The van der Waals surface area contributed by atoms with Crippen molar-refractivity contribution in [2.75, 3.05) is 19.4 Å². The largest absolute Gasteiger partial charge is 0.501 e. The highest BCUT2D eigenvalue weighted by atomic mass is 32.2. The van der Waals surface area contributed by atoms with Crippen LogP contribution in [-0.4, -0.2) is 60.4 Å². The Bertz CT molecular complexity index is 1130. The Morgan fingerprint density at radius 1 is 1.25 bits per heavy atom. The van der Waals surface area contributed by atoms with Gasteiger partial charge in [-0.3, -0.25) is 9.48 Å². The molecule has 0 radical (unpaired) electrons. The molecule has 1 amide bonds. The molecule has 1 fully saturated rings. The summed E-state index contributed by atoms with van der Waals surface area (Å²) < 4.78 is 62.6. The summed E-state index contributed by atoms with van der Waals surface area (Å²) in [6.45, 7) is 0. The van der Waals surface area contributed by atoms with E-state index >= 15 is 0 Å². The molecule has 1 aliphatic rings. The van der Waals surface area contributed by atoms with Gasteiger partial charge in [0.25, 0.3) is 15.7 Å². The van der Waals surface area contributed by atoms with E-state index in [0.29, 0.717) is 18.6 Å². The Kier molecular flexibility index (Phi) is 6.33. The van der Waals surface area contributed by atoms with Gasteiger partial charge in [-0.25, -0.2) is 8.42 Å². The summed E-state index contributed by atoms with van der Waals surface area (Å²) >= 11 is 0. The molecule has 174 valence electrons. The SMILES string of the molecule is CN(C)C1CC[C@H](n2cc(C(N)=O)c(Nc3ccc(S(=O)(=O)C(F)(F)F)cc3)n2)C(=N)C1. The second-order valence-corrected chi connectivity index (χ2v) is 9.72. The summed E-state index contributed by atoms with van der Waals surface area (Å²) in [6, 6.07) is 3.78. The van der Waals surface area contributed by atoms with Crippen molar-refractivity contribution in [3.05, 3.63) is 36.0 Å². The van der Waals surface area contributed by atoms with Crippen molar-refractivity contribution in [3.63, 3.8) is 0 Å². The summed E-state index contributed by atoms with van der Waals surface area (Å²) in [5.41, 5.74) is 0.747. The molecule has 2 aromatic rings. The molecule has 0 saturated heterocycles. The number of aromatic nitrogens is 2. The smallest absolute Gasteiger partial charge is 0.365 e. The molecule has 3 rings (SSSR count). The van der Waals surface area contributed by atoms with Gasteiger partial charge in [-0.15, -0.1) is 0 Å². The number of hydrogen-bond acceptors (Lipinski definition) is 7. The number of alkyl halides is 3. The average Bonchev–Trinajstić information content (AvgIpc) is 3.11. The fraction of sp³-hybridized carbons (Fsp3) is 0.421. The van der Waals surface area contributed by atoms with Gasteiger partial charge in [0.15, 0.2) is 5.82 Å². The van der Waals surface area contributed by atoms with E-state index in [1.54, 1.807) is 0 Å². The molecule has 1 aromatic carbocycles. The first kappa shape index (κ1) is 23.7. The zero-order valence-corrected chi connectivity index (χ0v) is 18.2. The number of nitrogens with two attached hydrogens (primary N) is 1. The highest BCUT2D eigenvalue weighted by Crippen LogP contribution is 2.32. The van der Waals surface area contributed by atoms with Gasteiger partial charge in [-0.2, -0.15) is 18.3 Å². The third-order valence-corrected chi connectivity index (χ3v) is 6.91. The van der Waals surface area contributed by atoms with Crippen LogP contribution >= 0.6 is 0 Å². The first-order chi connectivity index (χ1) is 14.8. The molecule has 9 nitrogen and oxygen atoms in total. The number of hydrogen-bond donors (Lipinski definition) is 3. The van der Waals surface area contributed by atoms with Crippen molar-refractivity contribution >= 4 is 33.0 Å². The van der Waals surface area contributed by atoms with Gasteiger partial charge >= 0.3 is 5.51 Å². The standard InChI is InChI=1S/C19H23F3N6O3S/c1-27(2)12-5-8-16(15(23)9-12)28-10-14(17(24)29)18(26-28)25-11-3-6-13(7-4-11)32(30,31)19(20,21)22/h3-4,6-7,10,12,16,23H,5,8-9H2,1-2H3,(H2,24,29)(H,25,26)/t12?,16-/m0/s1. The van der Waals surface area contributed by atoms with Crippen LogP contribution in [0.4, 0.5) is 24.7 Å². The summed E-state index contributed by atoms with van der Waals surface area (Å²) in [5.74, 6) is -0.713. The maximum absolute atomic E-state index is 12.7. The van der Waals surface area contributed by atoms with Crippen LogP contribution in [0.5, 0.6) is 0 Å². The molecule has 4 N–H and O–H groups in total. The predicted molar refractivity (Wildman–Crippen MR) is 112 cm³/mol. The van der Waals surface area contributed by atoms with Gasteiger partial charge in [0, 0.05) is 30.1 Å². The highest BCUT2D eigenvalue weighted by Gasteiger charge is 2.46. The maximum atomic E-state index is 12.7. The van der Waals surface area contributed by atoms with Gasteiger partial charge in [0.05, 0.1) is 10.9 Å². The first-order valence-electron chi connectivity index (χ1n) is 9.62. The quantitative estimate of drug-likeness (QED) is 0.592. The summed E-state index contributed by atoms with van der Waals surface area (Å²) in [4.78, 5) is 13.0. The molecule has 2 atom stereocenters. The zero-order chi connectivity index (χ0) is 23.8. The van der Waals surface area contributed by atoms with E-state index in [4.69, 9.17) is 11.1 Å². The van der Waals surface area contributed by atoms with Crippen LogP contribution in [0.3, 0.4) is 0 Å². The summed E-state index contributed by atoms with van der Waals surface area (Å²) in [6.07, 6.45) is 3.47. The molecular formula is C19H23F3N6O3S. The van der Waals surface area contributed by atoms with Gasteiger partial charge in [-0.1, -0.05) is 0 Å². The number of anilines is 2. The first-order valence-corrected chi connectivity index (χ1v) is 11.1. The third-order valence-electron chi connectivity index (χ3n) is 5.41. The fourth-order valence-electron chi connectivity index (χ4n) is 3.56. The van der Waals surface area contributed by atoms with Crippen LogP contribution < -0.4 is 11.1 Å². The number of nitrogens with zero attached hydrogens (tertiary/aromatic N) is 3. The molecular weight excluding hydrogens is 449 g/mol. The Labute approximate surface area is 182 Å². The minimum atomic E-state index is -5.46. The van der Waals surface area contributed by atoms with Crippen LogP contribution in [0.25, 0.3) is 0 Å². The number of rotatable bonds is 6. The minimum Gasteiger partial charge on any atom is -0.365 e. The number of halogens is 3. The van der Waals surface area contributed by atoms with Crippen molar-refractivity contribution in [2.24, 2.45) is 5.73 Å². The summed E-state index contributed by atoms with van der Waals surface area (Å²) in [7, 11) is -1.57.